The van der Waals surface area contributed by atoms with Crippen molar-refractivity contribution in [2.45, 2.75) is 44.2 Å². The third-order valence-electron chi connectivity index (χ3n) is 4.38. The van der Waals surface area contributed by atoms with E-state index < -0.39 is 0 Å². The maximum Gasteiger partial charge on any atom is 0.269 e. The Labute approximate surface area is 126 Å². The standard InChI is InChI=1S/C16H24N4O/c1-17-16(21)15-10-13(7-8-18-15)20-9-3-2-4-14(20)11-19-12-5-6-12/h7-8,10,12,14,19H,2-6,9,11H2,1H3,(H,17,21). The Kier molecular flexibility index (Phi) is 4.39. The fourth-order valence-corrected chi connectivity index (χ4v) is 2.99. The van der Waals surface area contributed by atoms with Gasteiger partial charge in [0.15, 0.2) is 0 Å². The van der Waals surface area contributed by atoms with E-state index in [1.807, 2.05) is 12.1 Å². The van der Waals surface area contributed by atoms with Gasteiger partial charge in [-0.25, -0.2) is 0 Å². The maximum absolute atomic E-state index is 11.7. The molecule has 0 spiro atoms. The molecule has 1 aliphatic heterocycles. The van der Waals surface area contributed by atoms with Gasteiger partial charge in [-0.05, 0) is 44.2 Å². The molecule has 114 valence electrons. The number of carbonyl (C=O) groups is 1. The number of carbonyl (C=O) groups excluding carboxylic acids is 1. The van der Waals surface area contributed by atoms with Crippen LogP contribution in [0.5, 0.6) is 0 Å². The highest BCUT2D eigenvalue weighted by molar-refractivity contribution is 5.92. The first kappa shape index (κ1) is 14.3. The van der Waals surface area contributed by atoms with Gasteiger partial charge >= 0.3 is 0 Å². The monoisotopic (exact) mass is 288 g/mol. The Balaban J connectivity index is 1.73. The lowest BCUT2D eigenvalue weighted by Gasteiger charge is -2.38. The van der Waals surface area contributed by atoms with E-state index in [0.717, 1.165) is 24.8 Å². The molecule has 5 heteroatoms. The van der Waals surface area contributed by atoms with Gasteiger partial charge in [0, 0.05) is 44.1 Å². The number of nitrogens with one attached hydrogen (secondary N) is 2. The van der Waals surface area contributed by atoms with Crippen molar-refractivity contribution < 1.29 is 4.79 Å². The summed E-state index contributed by atoms with van der Waals surface area (Å²) in [5.74, 6) is -0.124. The first-order valence-corrected chi connectivity index (χ1v) is 7.96. The molecule has 1 amide bonds. The van der Waals surface area contributed by atoms with Crippen molar-refractivity contribution in [3.8, 4) is 0 Å². The molecule has 0 radical (unpaired) electrons. The smallest absolute Gasteiger partial charge is 0.269 e. The Bertz CT molecular complexity index is 501. The zero-order valence-electron chi connectivity index (χ0n) is 12.6. The number of piperidine rings is 1. The van der Waals surface area contributed by atoms with Crippen LogP contribution in [0.3, 0.4) is 0 Å². The van der Waals surface area contributed by atoms with E-state index in [1.165, 1.54) is 32.1 Å². The van der Waals surface area contributed by atoms with Crippen molar-refractivity contribution in [1.82, 2.24) is 15.6 Å². The fourth-order valence-electron chi connectivity index (χ4n) is 2.99. The quantitative estimate of drug-likeness (QED) is 0.863. The molecule has 21 heavy (non-hydrogen) atoms. The summed E-state index contributed by atoms with van der Waals surface area (Å²) in [6.45, 7) is 2.11. The highest BCUT2D eigenvalue weighted by Crippen LogP contribution is 2.26. The molecule has 1 aliphatic carbocycles. The summed E-state index contributed by atoms with van der Waals surface area (Å²) < 4.78 is 0. The molecule has 0 bridgehead atoms. The Morgan fingerprint density at radius 3 is 3.00 bits per heavy atom. The predicted molar refractivity (Wildman–Crippen MR) is 83.6 cm³/mol. The summed E-state index contributed by atoms with van der Waals surface area (Å²) in [5.41, 5.74) is 1.61. The Morgan fingerprint density at radius 1 is 1.38 bits per heavy atom. The number of hydrogen-bond donors (Lipinski definition) is 2. The number of anilines is 1. The number of nitrogens with zero attached hydrogens (tertiary/aromatic N) is 2. The first-order chi connectivity index (χ1) is 10.3. The summed E-state index contributed by atoms with van der Waals surface area (Å²) in [4.78, 5) is 18.3. The van der Waals surface area contributed by atoms with Crippen molar-refractivity contribution in [2.24, 2.45) is 0 Å². The van der Waals surface area contributed by atoms with Gasteiger partial charge in [-0.2, -0.15) is 0 Å². The minimum absolute atomic E-state index is 0.124. The SMILES string of the molecule is CNC(=O)c1cc(N2CCCCC2CNC2CC2)ccn1. The van der Waals surface area contributed by atoms with E-state index in [1.54, 1.807) is 13.2 Å². The number of hydrogen-bond acceptors (Lipinski definition) is 4. The van der Waals surface area contributed by atoms with Crippen LogP contribution in [0.25, 0.3) is 0 Å². The van der Waals surface area contributed by atoms with Crippen LogP contribution in [-0.4, -0.2) is 43.1 Å². The summed E-state index contributed by atoms with van der Waals surface area (Å²) in [6.07, 6.45) is 8.11. The van der Waals surface area contributed by atoms with Gasteiger partial charge in [0.1, 0.15) is 5.69 Å². The van der Waals surface area contributed by atoms with Gasteiger partial charge in [-0.1, -0.05) is 0 Å². The number of pyridine rings is 1. The first-order valence-electron chi connectivity index (χ1n) is 7.96. The molecule has 2 heterocycles. The van der Waals surface area contributed by atoms with Crippen LogP contribution in [0.15, 0.2) is 18.3 Å². The molecule has 5 nitrogen and oxygen atoms in total. The normalized spacial score (nSPS) is 22.1. The second-order valence-electron chi connectivity index (χ2n) is 6.00. The van der Waals surface area contributed by atoms with E-state index >= 15 is 0 Å². The van der Waals surface area contributed by atoms with Crippen molar-refractivity contribution in [1.29, 1.82) is 0 Å². The fraction of sp³-hybridized carbons (Fsp3) is 0.625. The molecule has 2 aliphatic rings. The van der Waals surface area contributed by atoms with E-state index in [2.05, 4.69) is 20.5 Å². The van der Waals surface area contributed by atoms with E-state index in [9.17, 15) is 4.79 Å². The van der Waals surface area contributed by atoms with Crippen molar-refractivity contribution >= 4 is 11.6 Å². The van der Waals surface area contributed by atoms with Gasteiger partial charge in [0.05, 0.1) is 0 Å². The average Bonchev–Trinajstić information content (AvgIpc) is 3.37. The van der Waals surface area contributed by atoms with Crippen LogP contribution >= 0.6 is 0 Å². The molecule has 1 saturated carbocycles. The molecule has 1 unspecified atom stereocenters. The molecule has 1 saturated heterocycles. The minimum Gasteiger partial charge on any atom is -0.367 e. The molecular weight excluding hydrogens is 264 g/mol. The lowest BCUT2D eigenvalue weighted by molar-refractivity contribution is 0.0958. The van der Waals surface area contributed by atoms with Gasteiger partial charge in [0.2, 0.25) is 0 Å². The average molecular weight is 288 g/mol. The highest BCUT2D eigenvalue weighted by atomic mass is 16.1. The number of aromatic nitrogens is 1. The van der Waals surface area contributed by atoms with Crippen molar-refractivity contribution in [3.05, 3.63) is 24.0 Å². The molecule has 1 aromatic rings. The summed E-state index contributed by atoms with van der Waals surface area (Å²) in [5, 5.41) is 6.28. The number of amides is 1. The van der Waals surface area contributed by atoms with Gasteiger partial charge in [-0.15, -0.1) is 0 Å². The third-order valence-corrected chi connectivity index (χ3v) is 4.38. The molecule has 2 N–H and O–H groups in total. The van der Waals surface area contributed by atoms with Crippen LogP contribution in [0.2, 0.25) is 0 Å². The van der Waals surface area contributed by atoms with Gasteiger partial charge in [-0.3, -0.25) is 9.78 Å². The van der Waals surface area contributed by atoms with Gasteiger partial charge < -0.3 is 15.5 Å². The van der Waals surface area contributed by atoms with Crippen LogP contribution in [0.1, 0.15) is 42.6 Å². The summed E-state index contributed by atoms with van der Waals surface area (Å²) >= 11 is 0. The number of rotatable bonds is 5. The van der Waals surface area contributed by atoms with Crippen LogP contribution in [0, 0.1) is 0 Å². The van der Waals surface area contributed by atoms with E-state index in [4.69, 9.17) is 0 Å². The molecule has 2 fully saturated rings. The molecule has 1 aromatic heterocycles. The second kappa shape index (κ2) is 6.43. The Hall–Kier alpha value is -1.62. The largest absolute Gasteiger partial charge is 0.367 e. The van der Waals surface area contributed by atoms with Crippen LogP contribution < -0.4 is 15.5 Å². The van der Waals surface area contributed by atoms with E-state index in [-0.39, 0.29) is 5.91 Å². The molecule has 3 rings (SSSR count). The topological polar surface area (TPSA) is 57.3 Å². The Morgan fingerprint density at radius 2 is 2.24 bits per heavy atom. The highest BCUT2D eigenvalue weighted by Gasteiger charge is 2.27. The summed E-state index contributed by atoms with van der Waals surface area (Å²) in [7, 11) is 1.64. The maximum atomic E-state index is 11.7. The van der Waals surface area contributed by atoms with Crippen LogP contribution in [0.4, 0.5) is 5.69 Å². The van der Waals surface area contributed by atoms with Crippen molar-refractivity contribution in [3.63, 3.8) is 0 Å². The zero-order valence-corrected chi connectivity index (χ0v) is 12.6. The molecule has 1 atom stereocenters. The van der Waals surface area contributed by atoms with Gasteiger partial charge in [0.25, 0.3) is 5.91 Å². The third kappa shape index (κ3) is 3.53. The predicted octanol–water partition coefficient (Wildman–Crippen LogP) is 1.55. The van der Waals surface area contributed by atoms with Crippen molar-refractivity contribution in [2.75, 3.05) is 25.0 Å². The lowest BCUT2D eigenvalue weighted by atomic mass is 10.0. The van der Waals surface area contributed by atoms with Crippen LogP contribution in [-0.2, 0) is 0 Å². The molecule has 0 aromatic carbocycles. The zero-order chi connectivity index (χ0) is 14.7. The lowest BCUT2D eigenvalue weighted by Crippen LogP contribution is -2.46. The molecular formula is C16H24N4O. The second-order valence-corrected chi connectivity index (χ2v) is 6.00. The minimum atomic E-state index is -0.124. The summed E-state index contributed by atoms with van der Waals surface area (Å²) in [6, 6.07) is 5.20. The van der Waals surface area contributed by atoms with E-state index in [0.29, 0.717) is 11.7 Å².